The van der Waals surface area contributed by atoms with Crippen LogP contribution < -0.4 is 5.73 Å². The van der Waals surface area contributed by atoms with Crippen molar-refractivity contribution in [2.75, 3.05) is 5.73 Å². The zero-order valence-electron chi connectivity index (χ0n) is 12.7. The molecule has 24 heavy (non-hydrogen) atoms. The molecule has 0 bridgehead atoms. The highest BCUT2D eigenvalue weighted by Crippen LogP contribution is 2.33. The van der Waals surface area contributed by atoms with E-state index in [0.29, 0.717) is 11.4 Å². The average Bonchev–Trinajstić information content (AvgIpc) is 2.64. The van der Waals surface area contributed by atoms with Crippen molar-refractivity contribution in [1.82, 2.24) is 15.0 Å². The summed E-state index contributed by atoms with van der Waals surface area (Å²) in [6, 6.07) is 19.4. The largest absolute Gasteiger partial charge is 0.491 e. The van der Waals surface area contributed by atoms with Gasteiger partial charge in [-0.25, -0.2) is 9.97 Å². The van der Waals surface area contributed by atoms with Crippen molar-refractivity contribution in [3.05, 3.63) is 66.9 Å². The van der Waals surface area contributed by atoms with E-state index >= 15 is 0 Å². The van der Waals surface area contributed by atoms with Crippen LogP contribution >= 0.6 is 0 Å². The molecule has 2 aromatic carbocycles. The van der Waals surface area contributed by atoms with Crippen LogP contribution in [0.4, 0.5) is 5.82 Å². The Morgan fingerprint density at radius 2 is 1.58 bits per heavy atom. The number of rotatable bonds is 2. The second-order valence-electron chi connectivity index (χ2n) is 5.41. The summed E-state index contributed by atoms with van der Waals surface area (Å²) in [6.07, 6.45) is 1.76. The number of aromatic nitrogens is 3. The van der Waals surface area contributed by atoms with Crippen molar-refractivity contribution in [2.24, 2.45) is 0 Å². The van der Waals surface area contributed by atoms with Crippen molar-refractivity contribution < 1.29 is 5.11 Å². The highest BCUT2D eigenvalue weighted by Gasteiger charge is 2.15. The molecule has 116 valence electrons. The van der Waals surface area contributed by atoms with Gasteiger partial charge in [-0.2, -0.15) is 0 Å². The Morgan fingerprint density at radius 1 is 0.792 bits per heavy atom. The lowest BCUT2D eigenvalue weighted by Gasteiger charge is -2.11. The molecule has 0 radical (unpaired) electrons. The number of nitrogens with two attached hydrogens (primary N) is 1. The Morgan fingerprint density at radius 3 is 2.42 bits per heavy atom. The lowest BCUT2D eigenvalue weighted by Crippen LogP contribution is -1.99. The molecule has 5 heteroatoms. The predicted molar refractivity (Wildman–Crippen MR) is 94.3 cm³/mol. The monoisotopic (exact) mass is 314 g/mol. The molecule has 0 unspecified atom stereocenters. The molecule has 3 N–H and O–H groups in total. The molecule has 4 aromatic rings. The normalized spacial score (nSPS) is 10.8. The second-order valence-corrected chi connectivity index (χ2v) is 5.41. The van der Waals surface area contributed by atoms with Gasteiger partial charge in [0.15, 0.2) is 5.82 Å². The van der Waals surface area contributed by atoms with E-state index in [1.54, 1.807) is 6.20 Å². The third-order valence-electron chi connectivity index (χ3n) is 3.83. The summed E-state index contributed by atoms with van der Waals surface area (Å²) in [7, 11) is 0. The van der Waals surface area contributed by atoms with Crippen LogP contribution in [0.1, 0.15) is 0 Å². The Bertz CT molecular complexity index is 1030. The molecule has 4 rings (SSSR count). The topological polar surface area (TPSA) is 84.9 Å². The third-order valence-corrected chi connectivity index (χ3v) is 3.83. The number of hydrogen-bond donors (Lipinski definition) is 2. The Kier molecular flexibility index (Phi) is 3.31. The Balaban J connectivity index is 1.97. The van der Waals surface area contributed by atoms with Gasteiger partial charge in [-0.3, -0.25) is 4.98 Å². The summed E-state index contributed by atoms with van der Waals surface area (Å²) in [5.41, 5.74) is 9.61. The van der Waals surface area contributed by atoms with Gasteiger partial charge >= 0.3 is 0 Å². The van der Waals surface area contributed by atoms with E-state index in [2.05, 4.69) is 15.0 Å². The van der Waals surface area contributed by atoms with Crippen LogP contribution in [0.5, 0.6) is 5.88 Å². The summed E-state index contributed by atoms with van der Waals surface area (Å²) < 4.78 is 0. The zero-order chi connectivity index (χ0) is 16.5. The van der Waals surface area contributed by atoms with Gasteiger partial charge < -0.3 is 10.8 Å². The quantitative estimate of drug-likeness (QED) is 0.590. The number of fused-ring (bicyclic) bond motifs is 1. The molecular formula is C19H14N4O. The first kappa shape index (κ1) is 14.1. The molecule has 0 saturated heterocycles. The van der Waals surface area contributed by atoms with Crippen molar-refractivity contribution in [3.8, 4) is 28.4 Å². The SMILES string of the molecule is Nc1nc(-c2ccccc2)c(-c2ccc3ncccc3c2)nc1O. The smallest absolute Gasteiger partial charge is 0.255 e. The van der Waals surface area contributed by atoms with Crippen molar-refractivity contribution in [3.63, 3.8) is 0 Å². The van der Waals surface area contributed by atoms with Gasteiger partial charge in [-0.1, -0.05) is 42.5 Å². The maximum absolute atomic E-state index is 9.94. The third kappa shape index (κ3) is 2.42. The predicted octanol–water partition coefficient (Wildman–Crippen LogP) is 3.65. The minimum absolute atomic E-state index is 0.0139. The number of nitrogens with zero attached hydrogens (tertiary/aromatic N) is 3. The van der Waals surface area contributed by atoms with Crippen LogP contribution in [0.2, 0.25) is 0 Å². The van der Waals surface area contributed by atoms with Crippen LogP contribution in [0.3, 0.4) is 0 Å². The first-order valence-corrected chi connectivity index (χ1v) is 7.49. The minimum Gasteiger partial charge on any atom is -0.491 e. The van der Waals surface area contributed by atoms with Gasteiger partial charge in [0.05, 0.1) is 11.2 Å². The molecule has 0 amide bonds. The van der Waals surface area contributed by atoms with E-state index in [0.717, 1.165) is 22.0 Å². The molecular weight excluding hydrogens is 300 g/mol. The lowest BCUT2D eigenvalue weighted by atomic mass is 10.0. The molecule has 0 saturated carbocycles. The van der Waals surface area contributed by atoms with Crippen molar-refractivity contribution >= 4 is 16.7 Å². The van der Waals surface area contributed by atoms with Gasteiger partial charge in [0.2, 0.25) is 0 Å². The molecule has 0 aliphatic heterocycles. The lowest BCUT2D eigenvalue weighted by molar-refractivity contribution is 0.455. The summed E-state index contributed by atoms with van der Waals surface area (Å²) in [5.74, 6) is -0.254. The van der Waals surface area contributed by atoms with Crippen molar-refractivity contribution in [1.29, 1.82) is 0 Å². The maximum Gasteiger partial charge on any atom is 0.255 e. The average molecular weight is 314 g/mol. The van der Waals surface area contributed by atoms with E-state index in [4.69, 9.17) is 5.73 Å². The summed E-state index contributed by atoms with van der Waals surface area (Å²) >= 11 is 0. The van der Waals surface area contributed by atoms with Crippen LogP contribution in [-0.2, 0) is 0 Å². The summed E-state index contributed by atoms with van der Waals surface area (Å²) in [6.45, 7) is 0. The molecule has 0 aliphatic rings. The van der Waals surface area contributed by atoms with Gasteiger partial charge in [0.25, 0.3) is 5.88 Å². The Hall–Kier alpha value is -3.47. The van der Waals surface area contributed by atoms with E-state index in [-0.39, 0.29) is 11.7 Å². The van der Waals surface area contributed by atoms with Crippen LogP contribution in [0.15, 0.2) is 66.9 Å². The molecule has 2 aromatic heterocycles. The highest BCUT2D eigenvalue weighted by atomic mass is 16.3. The molecule has 0 spiro atoms. The van der Waals surface area contributed by atoms with Gasteiger partial charge in [-0.05, 0) is 18.2 Å². The molecule has 5 nitrogen and oxygen atoms in total. The number of pyridine rings is 1. The van der Waals surface area contributed by atoms with E-state index in [9.17, 15) is 5.11 Å². The first-order chi connectivity index (χ1) is 11.7. The molecule has 2 heterocycles. The number of benzene rings is 2. The van der Waals surface area contributed by atoms with E-state index < -0.39 is 0 Å². The maximum atomic E-state index is 9.94. The number of aromatic hydroxyl groups is 1. The fourth-order valence-corrected chi connectivity index (χ4v) is 2.66. The number of nitrogen functional groups attached to an aromatic ring is 1. The number of anilines is 1. The van der Waals surface area contributed by atoms with Gasteiger partial charge in [0.1, 0.15) is 5.69 Å². The summed E-state index contributed by atoms with van der Waals surface area (Å²) in [4.78, 5) is 12.9. The van der Waals surface area contributed by atoms with Gasteiger partial charge in [0, 0.05) is 22.7 Å². The fourth-order valence-electron chi connectivity index (χ4n) is 2.66. The van der Waals surface area contributed by atoms with Crippen LogP contribution in [0, 0.1) is 0 Å². The first-order valence-electron chi connectivity index (χ1n) is 7.49. The summed E-state index contributed by atoms with van der Waals surface area (Å²) in [5, 5.41) is 10.9. The highest BCUT2D eigenvalue weighted by molar-refractivity contribution is 5.87. The van der Waals surface area contributed by atoms with Crippen LogP contribution in [0.25, 0.3) is 33.4 Å². The standard InChI is InChI=1S/C19H14N4O/c20-18-19(24)23-17(16(22-18)12-5-2-1-3-6-12)14-8-9-15-13(11-14)7-4-10-21-15/h1-11H,(H2,20,22)(H,23,24). The van der Waals surface area contributed by atoms with E-state index in [1.165, 1.54) is 0 Å². The van der Waals surface area contributed by atoms with Gasteiger partial charge in [-0.15, -0.1) is 0 Å². The molecule has 0 aliphatic carbocycles. The van der Waals surface area contributed by atoms with Crippen LogP contribution in [-0.4, -0.2) is 20.1 Å². The minimum atomic E-state index is -0.268. The molecule has 0 atom stereocenters. The van der Waals surface area contributed by atoms with E-state index in [1.807, 2.05) is 60.7 Å². The second kappa shape index (κ2) is 5.62. The number of hydrogen-bond acceptors (Lipinski definition) is 5. The zero-order valence-corrected chi connectivity index (χ0v) is 12.7. The fraction of sp³-hybridized carbons (Fsp3) is 0. The Labute approximate surface area is 138 Å². The van der Waals surface area contributed by atoms with Crippen molar-refractivity contribution in [2.45, 2.75) is 0 Å². The molecule has 0 fully saturated rings.